The normalized spacial score (nSPS) is 14.1. The summed E-state index contributed by atoms with van der Waals surface area (Å²) in [6, 6.07) is 18.7. The molecule has 7 heteroatoms. The number of rotatable bonds is 10. The zero-order chi connectivity index (χ0) is 22.6. The van der Waals surface area contributed by atoms with Gasteiger partial charge in [0.15, 0.2) is 5.96 Å². The standard InChI is InChI=1S/C26H36N4O2.HI/c1-21(22-10-4-3-5-11-22)32-19-9-17-29-26(27-2)28-16-8-14-25(31)30-18-15-23-12-6-7-13-24(23)20-30;/h3-7,10-13,21H,8-9,14-20H2,1-2H3,(H2,27,28,29);1H. The van der Waals surface area contributed by atoms with Crippen molar-refractivity contribution in [3.63, 3.8) is 0 Å². The maximum Gasteiger partial charge on any atom is 0.222 e. The molecule has 0 radical (unpaired) electrons. The monoisotopic (exact) mass is 564 g/mol. The Labute approximate surface area is 215 Å². The first-order valence-electron chi connectivity index (χ1n) is 11.6. The molecule has 2 aromatic carbocycles. The smallest absolute Gasteiger partial charge is 0.222 e. The van der Waals surface area contributed by atoms with Gasteiger partial charge in [-0.05, 0) is 42.9 Å². The molecule has 0 aliphatic carbocycles. The van der Waals surface area contributed by atoms with Crippen molar-refractivity contribution in [3.05, 3.63) is 71.3 Å². The summed E-state index contributed by atoms with van der Waals surface area (Å²) in [7, 11) is 1.76. The predicted octanol–water partition coefficient (Wildman–Crippen LogP) is 4.30. The first kappa shape index (κ1) is 27.1. The van der Waals surface area contributed by atoms with E-state index in [0.29, 0.717) is 13.0 Å². The van der Waals surface area contributed by atoms with Crippen molar-refractivity contribution in [1.82, 2.24) is 15.5 Å². The molecule has 0 fully saturated rings. The van der Waals surface area contributed by atoms with Gasteiger partial charge in [-0.1, -0.05) is 54.6 Å². The predicted molar refractivity (Wildman–Crippen MR) is 145 cm³/mol. The van der Waals surface area contributed by atoms with Crippen LogP contribution in [0.3, 0.4) is 0 Å². The summed E-state index contributed by atoms with van der Waals surface area (Å²) in [5.74, 6) is 0.995. The quantitative estimate of drug-likeness (QED) is 0.196. The van der Waals surface area contributed by atoms with Gasteiger partial charge in [0.05, 0.1) is 6.10 Å². The van der Waals surface area contributed by atoms with Crippen LogP contribution >= 0.6 is 24.0 Å². The van der Waals surface area contributed by atoms with E-state index >= 15 is 0 Å². The Bertz CT molecular complexity index is 876. The van der Waals surface area contributed by atoms with Crippen LogP contribution in [0.25, 0.3) is 0 Å². The molecule has 1 heterocycles. The van der Waals surface area contributed by atoms with Crippen LogP contribution in [0.2, 0.25) is 0 Å². The number of guanidine groups is 1. The number of hydrogen-bond donors (Lipinski definition) is 2. The highest BCUT2D eigenvalue weighted by atomic mass is 127. The van der Waals surface area contributed by atoms with Gasteiger partial charge in [0.1, 0.15) is 0 Å². The molecular formula is C26H37IN4O2. The Hall–Kier alpha value is -2.13. The van der Waals surface area contributed by atoms with Crippen LogP contribution in [-0.4, -0.2) is 50.1 Å². The number of ether oxygens (including phenoxy) is 1. The van der Waals surface area contributed by atoms with Gasteiger partial charge in [-0.25, -0.2) is 0 Å². The van der Waals surface area contributed by atoms with Gasteiger partial charge in [-0.2, -0.15) is 0 Å². The SMILES string of the molecule is CN=C(NCCCOC(C)c1ccccc1)NCCCC(=O)N1CCc2ccccc2C1.I. The molecule has 2 aromatic rings. The van der Waals surface area contributed by atoms with Crippen LogP contribution in [0.5, 0.6) is 0 Å². The van der Waals surface area contributed by atoms with E-state index in [9.17, 15) is 4.79 Å². The lowest BCUT2D eigenvalue weighted by atomic mass is 9.99. The van der Waals surface area contributed by atoms with Gasteiger partial charge in [0.2, 0.25) is 5.91 Å². The molecule has 0 saturated heterocycles. The van der Waals surface area contributed by atoms with E-state index in [-0.39, 0.29) is 36.0 Å². The number of nitrogens with one attached hydrogen (secondary N) is 2. The molecule has 1 aliphatic heterocycles. The molecular weight excluding hydrogens is 527 g/mol. The third-order valence-corrected chi connectivity index (χ3v) is 5.82. The second kappa shape index (κ2) is 14.9. The molecule has 3 rings (SSSR count). The van der Waals surface area contributed by atoms with Gasteiger partial charge in [-0.3, -0.25) is 9.79 Å². The molecule has 0 bridgehead atoms. The fraction of sp³-hybridized carbons (Fsp3) is 0.462. The number of halogens is 1. The van der Waals surface area contributed by atoms with E-state index in [2.05, 4.69) is 52.9 Å². The number of amides is 1. The molecule has 0 spiro atoms. The number of benzene rings is 2. The highest BCUT2D eigenvalue weighted by molar-refractivity contribution is 14.0. The van der Waals surface area contributed by atoms with Gasteiger partial charge in [0.25, 0.3) is 0 Å². The van der Waals surface area contributed by atoms with Gasteiger partial charge >= 0.3 is 0 Å². The van der Waals surface area contributed by atoms with Crippen molar-refractivity contribution in [1.29, 1.82) is 0 Å². The summed E-state index contributed by atoms with van der Waals surface area (Å²) in [4.78, 5) is 18.8. The Morgan fingerprint density at radius 1 is 1.03 bits per heavy atom. The van der Waals surface area contributed by atoms with E-state index in [1.165, 1.54) is 16.7 Å². The Kier molecular flexibility index (Phi) is 12.2. The van der Waals surface area contributed by atoms with E-state index in [1.54, 1.807) is 7.05 Å². The fourth-order valence-electron chi connectivity index (χ4n) is 3.89. The zero-order valence-corrected chi connectivity index (χ0v) is 22.1. The van der Waals surface area contributed by atoms with Crippen molar-refractivity contribution in [2.75, 3.05) is 33.3 Å². The molecule has 0 aromatic heterocycles. The third kappa shape index (κ3) is 8.97. The van der Waals surface area contributed by atoms with Crippen LogP contribution in [0.15, 0.2) is 59.6 Å². The van der Waals surface area contributed by atoms with Crippen LogP contribution in [0.4, 0.5) is 0 Å². The summed E-state index contributed by atoms with van der Waals surface area (Å²) in [5.41, 5.74) is 3.84. The molecule has 1 atom stereocenters. The Balaban J connectivity index is 0.00000385. The second-order valence-corrected chi connectivity index (χ2v) is 8.14. The number of aliphatic imine (C=N–C) groups is 1. The van der Waals surface area contributed by atoms with Crippen LogP contribution in [0, 0.1) is 0 Å². The lowest BCUT2D eigenvalue weighted by molar-refractivity contribution is -0.132. The number of hydrogen-bond acceptors (Lipinski definition) is 3. The van der Waals surface area contributed by atoms with E-state index in [1.807, 2.05) is 29.2 Å². The second-order valence-electron chi connectivity index (χ2n) is 8.14. The van der Waals surface area contributed by atoms with Crippen LogP contribution in [-0.2, 0) is 22.5 Å². The minimum absolute atomic E-state index is 0. The van der Waals surface area contributed by atoms with Crippen LogP contribution < -0.4 is 10.6 Å². The maximum atomic E-state index is 12.6. The third-order valence-electron chi connectivity index (χ3n) is 5.82. The molecule has 2 N–H and O–H groups in total. The molecule has 1 unspecified atom stereocenters. The lowest BCUT2D eigenvalue weighted by Crippen LogP contribution is -2.39. The number of fused-ring (bicyclic) bond motifs is 1. The topological polar surface area (TPSA) is 66.0 Å². The van der Waals surface area contributed by atoms with E-state index in [0.717, 1.165) is 51.4 Å². The Morgan fingerprint density at radius 3 is 2.42 bits per heavy atom. The summed E-state index contributed by atoms with van der Waals surface area (Å²) in [5, 5.41) is 6.61. The van der Waals surface area contributed by atoms with Crippen LogP contribution in [0.1, 0.15) is 49.0 Å². The summed E-state index contributed by atoms with van der Waals surface area (Å²) < 4.78 is 5.91. The molecule has 180 valence electrons. The number of carbonyl (C=O) groups excluding carboxylic acids is 1. The minimum Gasteiger partial charge on any atom is -0.374 e. The highest BCUT2D eigenvalue weighted by Gasteiger charge is 2.19. The van der Waals surface area contributed by atoms with Crippen molar-refractivity contribution < 1.29 is 9.53 Å². The molecule has 33 heavy (non-hydrogen) atoms. The van der Waals surface area contributed by atoms with E-state index in [4.69, 9.17) is 4.74 Å². The Morgan fingerprint density at radius 2 is 1.70 bits per heavy atom. The summed E-state index contributed by atoms with van der Waals surface area (Å²) in [6.07, 6.45) is 3.28. The van der Waals surface area contributed by atoms with Gasteiger partial charge < -0.3 is 20.3 Å². The number of nitrogens with zero attached hydrogens (tertiary/aromatic N) is 2. The number of carbonyl (C=O) groups is 1. The summed E-state index contributed by atoms with van der Waals surface area (Å²) in [6.45, 7) is 5.82. The van der Waals surface area contributed by atoms with Gasteiger partial charge in [-0.15, -0.1) is 24.0 Å². The summed E-state index contributed by atoms with van der Waals surface area (Å²) >= 11 is 0. The van der Waals surface area contributed by atoms with Crippen molar-refractivity contribution in [2.45, 2.75) is 45.3 Å². The minimum atomic E-state index is 0. The first-order valence-corrected chi connectivity index (χ1v) is 11.6. The average Bonchev–Trinajstić information content (AvgIpc) is 2.85. The molecule has 1 aliphatic rings. The van der Waals surface area contributed by atoms with Gasteiger partial charge in [0, 0.05) is 46.3 Å². The molecule has 0 saturated carbocycles. The zero-order valence-electron chi connectivity index (χ0n) is 19.8. The largest absolute Gasteiger partial charge is 0.374 e. The first-order chi connectivity index (χ1) is 15.7. The fourth-order valence-corrected chi connectivity index (χ4v) is 3.89. The average molecular weight is 565 g/mol. The molecule has 1 amide bonds. The molecule has 6 nitrogen and oxygen atoms in total. The van der Waals surface area contributed by atoms with Crippen molar-refractivity contribution in [2.24, 2.45) is 4.99 Å². The highest BCUT2D eigenvalue weighted by Crippen LogP contribution is 2.19. The maximum absolute atomic E-state index is 12.6. The van der Waals surface area contributed by atoms with Crippen molar-refractivity contribution >= 4 is 35.8 Å². The van der Waals surface area contributed by atoms with E-state index < -0.39 is 0 Å². The van der Waals surface area contributed by atoms with Crippen molar-refractivity contribution in [3.8, 4) is 0 Å². The lowest BCUT2D eigenvalue weighted by Gasteiger charge is -2.29.